The summed E-state index contributed by atoms with van der Waals surface area (Å²) in [5, 5.41) is 18.8. The van der Waals surface area contributed by atoms with E-state index in [4.69, 9.17) is 5.11 Å². The molecule has 6 nitrogen and oxygen atoms in total. The zero-order valence-electron chi connectivity index (χ0n) is 12.8. The van der Waals surface area contributed by atoms with Crippen LogP contribution in [0.4, 0.5) is 0 Å². The first-order valence-corrected chi connectivity index (χ1v) is 8.77. The lowest BCUT2D eigenvalue weighted by Crippen LogP contribution is -2.14. The van der Waals surface area contributed by atoms with E-state index in [-0.39, 0.29) is 17.1 Å². The van der Waals surface area contributed by atoms with Gasteiger partial charge in [0, 0.05) is 6.61 Å². The third kappa shape index (κ3) is 4.64. The van der Waals surface area contributed by atoms with Crippen LogP contribution in [0.15, 0.2) is 59.5 Å². The summed E-state index contributed by atoms with van der Waals surface area (Å²) in [4.78, 5) is 11.7. The molecule has 0 aliphatic carbocycles. The lowest BCUT2D eigenvalue weighted by molar-refractivity contribution is 0.0746. The van der Waals surface area contributed by atoms with Gasteiger partial charge in [-0.15, -0.1) is 0 Å². The Hall–Kier alpha value is -2.22. The first-order valence-electron chi connectivity index (χ1n) is 7.37. The van der Waals surface area contributed by atoms with Crippen molar-refractivity contribution >= 4 is 16.1 Å². The second kappa shape index (κ2) is 8.05. The van der Waals surface area contributed by atoms with Crippen molar-refractivity contribution in [3.63, 3.8) is 0 Å². The van der Waals surface area contributed by atoms with Gasteiger partial charge in [0.15, 0.2) is 0 Å². The largest absolute Gasteiger partial charge is 0.396 e. The van der Waals surface area contributed by atoms with E-state index in [9.17, 15) is 18.3 Å². The number of rotatable bonds is 7. The lowest BCUT2D eigenvalue weighted by atomic mass is 10.1. The zero-order chi connectivity index (χ0) is 17.6. The van der Waals surface area contributed by atoms with Gasteiger partial charge in [-0.1, -0.05) is 30.3 Å². The fourth-order valence-electron chi connectivity index (χ4n) is 2.10. The number of carbonyl (C=O) groups is 1. The molecule has 0 radical (unpaired) electrons. The lowest BCUT2D eigenvalue weighted by Gasteiger charge is -2.12. The highest BCUT2D eigenvalue weighted by Gasteiger charge is 2.22. The molecule has 0 fully saturated rings. The average molecular weight is 350 g/mol. The molecule has 0 aromatic heterocycles. The third-order valence-corrected chi connectivity index (χ3v) is 4.56. The van der Waals surface area contributed by atoms with Crippen molar-refractivity contribution in [1.29, 1.82) is 0 Å². The van der Waals surface area contributed by atoms with Crippen LogP contribution in [0.25, 0.3) is 0 Å². The Kier molecular flexibility index (Phi) is 6.08. The van der Waals surface area contributed by atoms with Gasteiger partial charge < -0.3 is 14.4 Å². The van der Waals surface area contributed by atoms with Crippen molar-refractivity contribution in [2.24, 2.45) is 0 Å². The number of hydrogen-bond acceptors (Lipinski definition) is 6. The van der Waals surface area contributed by atoms with Gasteiger partial charge in [0.1, 0.15) is 4.90 Å². The minimum Gasteiger partial charge on any atom is -0.396 e. The van der Waals surface area contributed by atoms with E-state index in [0.717, 1.165) is 0 Å². The Morgan fingerprint density at radius 3 is 2.46 bits per heavy atom. The Morgan fingerprint density at radius 1 is 1.08 bits per heavy atom. The minimum absolute atomic E-state index is 0.0657. The predicted octanol–water partition coefficient (Wildman–Crippen LogP) is 2.04. The fraction of sp³-hybridized carbons (Fsp3) is 0.235. The standard InChI is InChI=1S/C17H18O6S/c18-11-5-10-16(19)14-8-4-9-15(12-14)24(21,22)23-17(20)13-6-2-1-3-7-13/h1-4,6-9,12,16,18-19H,5,10-11H2. The van der Waals surface area contributed by atoms with Crippen molar-refractivity contribution in [1.82, 2.24) is 0 Å². The highest BCUT2D eigenvalue weighted by atomic mass is 32.2. The smallest absolute Gasteiger partial charge is 0.354 e. The summed E-state index contributed by atoms with van der Waals surface area (Å²) in [7, 11) is -4.29. The fourth-order valence-corrected chi connectivity index (χ4v) is 3.02. The maximum Gasteiger partial charge on any atom is 0.354 e. The molecule has 0 saturated heterocycles. The second-order valence-electron chi connectivity index (χ2n) is 5.15. The van der Waals surface area contributed by atoms with Crippen LogP contribution in [0.5, 0.6) is 0 Å². The van der Waals surface area contributed by atoms with Gasteiger partial charge in [0.2, 0.25) is 0 Å². The van der Waals surface area contributed by atoms with Crippen LogP contribution in [-0.4, -0.2) is 31.2 Å². The van der Waals surface area contributed by atoms with E-state index in [0.29, 0.717) is 18.4 Å². The Labute approximate surface area is 140 Å². The van der Waals surface area contributed by atoms with E-state index in [1.807, 2.05) is 0 Å². The quantitative estimate of drug-likeness (QED) is 0.741. The third-order valence-electron chi connectivity index (χ3n) is 3.36. The molecule has 0 saturated carbocycles. The number of aliphatic hydroxyl groups is 2. The Bertz CT molecular complexity index is 786. The van der Waals surface area contributed by atoms with Crippen LogP contribution in [0.3, 0.4) is 0 Å². The molecule has 0 amide bonds. The monoisotopic (exact) mass is 350 g/mol. The van der Waals surface area contributed by atoms with Gasteiger partial charge in [-0.25, -0.2) is 4.79 Å². The number of benzene rings is 2. The van der Waals surface area contributed by atoms with Crippen molar-refractivity contribution in [2.45, 2.75) is 23.8 Å². The van der Waals surface area contributed by atoms with Gasteiger partial charge in [-0.3, -0.25) is 0 Å². The number of aliphatic hydroxyl groups excluding tert-OH is 2. The normalized spacial score (nSPS) is 12.6. The molecular formula is C17H18O6S. The molecule has 0 spiro atoms. The molecule has 2 rings (SSSR count). The molecule has 0 heterocycles. The molecule has 0 aliphatic heterocycles. The van der Waals surface area contributed by atoms with Gasteiger partial charge in [0.25, 0.3) is 0 Å². The van der Waals surface area contributed by atoms with E-state index in [1.54, 1.807) is 24.3 Å². The summed E-state index contributed by atoms with van der Waals surface area (Å²) in [5.74, 6) is -0.971. The second-order valence-corrected chi connectivity index (χ2v) is 6.69. The van der Waals surface area contributed by atoms with Crippen molar-refractivity contribution in [3.05, 3.63) is 65.7 Å². The first-order chi connectivity index (χ1) is 11.4. The van der Waals surface area contributed by atoms with E-state index in [1.165, 1.54) is 30.3 Å². The highest BCUT2D eigenvalue weighted by molar-refractivity contribution is 7.87. The maximum atomic E-state index is 12.2. The van der Waals surface area contributed by atoms with E-state index >= 15 is 0 Å². The van der Waals surface area contributed by atoms with E-state index < -0.39 is 22.2 Å². The molecule has 1 atom stereocenters. The molecule has 0 bridgehead atoms. The molecule has 2 aromatic carbocycles. The molecular weight excluding hydrogens is 332 g/mol. The van der Waals surface area contributed by atoms with Gasteiger partial charge in [-0.2, -0.15) is 8.42 Å². The topological polar surface area (TPSA) is 101 Å². The molecule has 128 valence electrons. The zero-order valence-corrected chi connectivity index (χ0v) is 13.6. The summed E-state index contributed by atoms with van der Waals surface area (Å²) in [6.07, 6.45) is -0.220. The SMILES string of the molecule is O=C(OS(=O)(=O)c1cccc(C(O)CCCO)c1)c1ccccc1. The van der Waals surface area contributed by atoms with Crippen molar-refractivity contribution in [2.75, 3.05) is 6.61 Å². The predicted molar refractivity (Wildman–Crippen MR) is 86.8 cm³/mol. The molecule has 2 aromatic rings. The molecule has 1 unspecified atom stereocenters. The Balaban J connectivity index is 2.19. The summed E-state index contributed by atoms with van der Waals surface area (Å²) in [6, 6.07) is 13.4. The van der Waals surface area contributed by atoms with Gasteiger partial charge in [0.05, 0.1) is 11.7 Å². The van der Waals surface area contributed by atoms with Crippen LogP contribution in [-0.2, 0) is 14.3 Å². The minimum atomic E-state index is -4.29. The average Bonchev–Trinajstić information content (AvgIpc) is 2.60. The van der Waals surface area contributed by atoms with Crippen LogP contribution in [0.1, 0.15) is 34.9 Å². The van der Waals surface area contributed by atoms with Crippen molar-refractivity contribution < 1.29 is 27.6 Å². The molecule has 24 heavy (non-hydrogen) atoms. The van der Waals surface area contributed by atoms with Crippen LogP contribution >= 0.6 is 0 Å². The Morgan fingerprint density at radius 2 is 1.79 bits per heavy atom. The first kappa shape index (κ1) is 18.1. The molecule has 2 N–H and O–H groups in total. The number of carbonyl (C=O) groups excluding carboxylic acids is 1. The van der Waals surface area contributed by atoms with Crippen LogP contribution in [0, 0.1) is 0 Å². The maximum absolute atomic E-state index is 12.2. The van der Waals surface area contributed by atoms with Gasteiger partial charge >= 0.3 is 16.1 Å². The van der Waals surface area contributed by atoms with Gasteiger partial charge in [-0.05, 0) is 42.7 Å². The highest BCUT2D eigenvalue weighted by Crippen LogP contribution is 2.22. The molecule has 7 heteroatoms. The number of hydrogen-bond donors (Lipinski definition) is 2. The summed E-state index contributed by atoms with van der Waals surface area (Å²) in [6.45, 7) is -0.0657. The summed E-state index contributed by atoms with van der Waals surface area (Å²) < 4.78 is 29.1. The molecule has 0 aliphatic rings. The summed E-state index contributed by atoms with van der Waals surface area (Å²) in [5.41, 5.74) is 0.500. The van der Waals surface area contributed by atoms with Crippen LogP contribution < -0.4 is 0 Å². The van der Waals surface area contributed by atoms with E-state index in [2.05, 4.69) is 4.18 Å². The van der Waals surface area contributed by atoms with Crippen LogP contribution in [0.2, 0.25) is 0 Å². The summed E-state index contributed by atoms with van der Waals surface area (Å²) >= 11 is 0. The van der Waals surface area contributed by atoms with Crippen molar-refractivity contribution in [3.8, 4) is 0 Å².